The minimum atomic E-state index is -3.87. The lowest BCUT2D eigenvalue weighted by molar-refractivity contribution is -0.117. The highest BCUT2D eigenvalue weighted by Crippen LogP contribution is 2.39. The number of hydrogen-bond donors (Lipinski definition) is 1. The van der Waals surface area contributed by atoms with Crippen LogP contribution >= 0.6 is 11.6 Å². The van der Waals surface area contributed by atoms with E-state index in [0.29, 0.717) is 28.7 Å². The van der Waals surface area contributed by atoms with Gasteiger partial charge in [0.05, 0.1) is 22.8 Å². The number of carbonyl (C=O) groups is 1. The Bertz CT molecular complexity index is 1020. The van der Waals surface area contributed by atoms with Crippen LogP contribution in [0.4, 0.5) is 11.4 Å². The lowest BCUT2D eigenvalue weighted by Gasteiger charge is -2.39. The van der Waals surface area contributed by atoms with Crippen molar-refractivity contribution in [2.45, 2.75) is 38.2 Å². The first-order chi connectivity index (χ1) is 12.5. The summed E-state index contributed by atoms with van der Waals surface area (Å²) >= 11 is 5.97. The maximum absolute atomic E-state index is 12.9. The minimum Gasteiger partial charge on any atom is -0.484 e. The number of sulfonamides is 1. The molecular formula is C19H21ClN2O4S. The maximum Gasteiger partial charge on any atom is 0.261 e. The van der Waals surface area contributed by atoms with Gasteiger partial charge in [-0.3, -0.25) is 9.52 Å². The number of hydrogen-bond acceptors (Lipinski definition) is 4. The molecule has 0 aromatic heterocycles. The van der Waals surface area contributed by atoms with Crippen molar-refractivity contribution in [3.8, 4) is 5.75 Å². The van der Waals surface area contributed by atoms with Crippen molar-refractivity contribution in [1.29, 1.82) is 0 Å². The quantitative estimate of drug-likeness (QED) is 0.833. The van der Waals surface area contributed by atoms with Crippen molar-refractivity contribution in [2.24, 2.45) is 0 Å². The van der Waals surface area contributed by atoms with Gasteiger partial charge in [0, 0.05) is 11.9 Å². The third kappa shape index (κ3) is 4.04. The average molecular weight is 409 g/mol. The van der Waals surface area contributed by atoms with Crippen LogP contribution in [0.2, 0.25) is 5.02 Å². The predicted octanol–water partition coefficient (Wildman–Crippen LogP) is 3.97. The smallest absolute Gasteiger partial charge is 0.261 e. The summed E-state index contributed by atoms with van der Waals surface area (Å²) in [6.45, 7) is 7.31. The average Bonchev–Trinajstić information content (AvgIpc) is 2.55. The number of aryl methyl sites for hydroxylation is 1. The zero-order chi connectivity index (χ0) is 20.0. The standard InChI is InChI=1S/C19H21ClN2O4S/c1-12-5-6-14(20)9-16(12)21-27(24,25)15-7-8-18-17(10-15)22(13(2)23)11-19(3,4)26-18/h5-10,21H,11H2,1-4H3. The monoisotopic (exact) mass is 408 g/mol. The van der Waals surface area contributed by atoms with Crippen LogP contribution in [-0.4, -0.2) is 26.5 Å². The number of carbonyl (C=O) groups excluding carboxylic acids is 1. The van der Waals surface area contributed by atoms with E-state index in [1.807, 2.05) is 13.8 Å². The first-order valence-corrected chi connectivity index (χ1v) is 10.2. The summed E-state index contributed by atoms with van der Waals surface area (Å²) in [5, 5.41) is 0.433. The van der Waals surface area contributed by atoms with Gasteiger partial charge in [0.1, 0.15) is 11.4 Å². The van der Waals surface area contributed by atoms with E-state index in [1.54, 1.807) is 31.2 Å². The topological polar surface area (TPSA) is 75.7 Å². The molecule has 27 heavy (non-hydrogen) atoms. The summed E-state index contributed by atoms with van der Waals surface area (Å²) in [6, 6.07) is 9.47. The molecule has 2 aromatic rings. The lowest BCUT2D eigenvalue weighted by Crippen LogP contribution is -2.48. The Hall–Kier alpha value is -2.25. The Morgan fingerprint density at radius 1 is 1.22 bits per heavy atom. The van der Waals surface area contributed by atoms with E-state index in [-0.39, 0.29) is 10.8 Å². The summed E-state index contributed by atoms with van der Waals surface area (Å²) in [5.74, 6) is 0.292. The van der Waals surface area contributed by atoms with E-state index in [4.69, 9.17) is 16.3 Å². The zero-order valence-electron chi connectivity index (χ0n) is 15.5. The van der Waals surface area contributed by atoms with Gasteiger partial charge in [-0.15, -0.1) is 0 Å². The van der Waals surface area contributed by atoms with Crippen LogP contribution in [0.1, 0.15) is 26.3 Å². The van der Waals surface area contributed by atoms with Crippen molar-refractivity contribution >= 4 is 38.9 Å². The van der Waals surface area contributed by atoms with Gasteiger partial charge < -0.3 is 9.64 Å². The molecule has 3 rings (SSSR count). The predicted molar refractivity (Wildman–Crippen MR) is 106 cm³/mol. The van der Waals surface area contributed by atoms with Gasteiger partial charge in [-0.25, -0.2) is 8.42 Å². The highest BCUT2D eigenvalue weighted by Gasteiger charge is 2.34. The van der Waals surface area contributed by atoms with Gasteiger partial charge in [0.2, 0.25) is 5.91 Å². The van der Waals surface area contributed by atoms with E-state index in [2.05, 4.69) is 4.72 Å². The van der Waals surface area contributed by atoms with Gasteiger partial charge in [-0.2, -0.15) is 0 Å². The molecule has 1 heterocycles. The Labute approximate surface area is 164 Å². The maximum atomic E-state index is 12.9. The number of halogens is 1. The number of rotatable bonds is 3. The molecule has 8 heteroatoms. The van der Waals surface area contributed by atoms with Crippen molar-refractivity contribution in [3.05, 3.63) is 47.0 Å². The fraction of sp³-hybridized carbons (Fsp3) is 0.316. The van der Waals surface area contributed by atoms with Crippen molar-refractivity contribution in [2.75, 3.05) is 16.2 Å². The van der Waals surface area contributed by atoms with Crippen LogP contribution < -0.4 is 14.4 Å². The minimum absolute atomic E-state index is 0.0372. The SMILES string of the molecule is CC(=O)N1CC(C)(C)Oc2ccc(S(=O)(=O)Nc3cc(Cl)ccc3C)cc21. The lowest BCUT2D eigenvalue weighted by atomic mass is 10.1. The zero-order valence-corrected chi connectivity index (χ0v) is 17.1. The molecule has 1 N–H and O–H groups in total. The van der Waals surface area contributed by atoms with Gasteiger partial charge in [0.15, 0.2) is 0 Å². The summed E-state index contributed by atoms with van der Waals surface area (Å²) in [4.78, 5) is 13.6. The Morgan fingerprint density at radius 2 is 1.93 bits per heavy atom. The number of amides is 1. The Kier molecular flexibility index (Phi) is 4.86. The third-order valence-corrected chi connectivity index (χ3v) is 5.88. The van der Waals surface area contributed by atoms with Crippen LogP contribution in [0.15, 0.2) is 41.3 Å². The highest BCUT2D eigenvalue weighted by molar-refractivity contribution is 7.92. The first kappa shape index (κ1) is 19.5. The number of nitrogens with one attached hydrogen (secondary N) is 1. The fourth-order valence-electron chi connectivity index (χ4n) is 2.95. The number of fused-ring (bicyclic) bond motifs is 1. The summed E-state index contributed by atoms with van der Waals surface area (Å²) in [7, 11) is -3.87. The molecule has 0 aliphatic carbocycles. The molecule has 0 fully saturated rings. The second-order valence-electron chi connectivity index (χ2n) is 7.16. The fourth-order valence-corrected chi connectivity index (χ4v) is 4.26. The third-order valence-electron chi connectivity index (χ3n) is 4.28. The summed E-state index contributed by atoms with van der Waals surface area (Å²) in [6.07, 6.45) is 0. The van der Waals surface area contributed by atoms with Crippen LogP contribution in [-0.2, 0) is 14.8 Å². The van der Waals surface area contributed by atoms with E-state index >= 15 is 0 Å². The van der Waals surface area contributed by atoms with Crippen molar-refractivity contribution in [3.63, 3.8) is 0 Å². The molecule has 2 aromatic carbocycles. The number of nitrogens with zero attached hydrogens (tertiary/aromatic N) is 1. The summed E-state index contributed by atoms with van der Waals surface area (Å²) < 4.78 is 34.2. The molecular weight excluding hydrogens is 388 g/mol. The van der Waals surface area contributed by atoms with E-state index in [9.17, 15) is 13.2 Å². The van der Waals surface area contributed by atoms with Gasteiger partial charge in [0.25, 0.3) is 10.0 Å². The normalized spacial score (nSPS) is 15.7. The molecule has 1 amide bonds. The molecule has 0 saturated heterocycles. The second-order valence-corrected chi connectivity index (χ2v) is 9.28. The Balaban J connectivity index is 2.02. The molecule has 0 unspecified atom stereocenters. The molecule has 0 atom stereocenters. The number of anilines is 2. The van der Waals surface area contributed by atoms with Crippen molar-refractivity contribution < 1.29 is 17.9 Å². The van der Waals surface area contributed by atoms with Crippen LogP contribution in [0.3, 0.4) is 0 Å². The van der Waals surface area contributed by atoms with Gasteiger partial charge in [-0.1, -0.05) is 17.7 Å². The van der Waals surface area contributed by atoms with Gasteiger partial charge in [-0.05, 0) is 56.7 Å². The second kappa shape index (κ2) is 6.73. The molecule has 6 nitrogen and oxygen atoms in total. The van der Waals surface area contributed by atoms with Crippen LogP contribution in [0, 0.1) is 6.92 Å². The molecule has 0 bridgehead atoms. The molecule has 1 aliphatic rings. The molecule has 1 aliphatic heterocycles. The van der Waals surface area contributed by atoms with Crippen LogP contribution in [0.5, 0.6) is 5.75 Å². The largest absolute Gasteiger partial charge is 0.484 e. The van der Waals surface area contributed by atoms with Crippen LogP contribution in [0.25, 0.3) is 0 Å². The molecule has 0 saturated carbocycles. The first-order valence-electron chi connectivity index (χ1n) is 8.39. The van der Waals surface area contributed by atoms with Gasteiger partial charge >= 0.3 is 0 Å². The summed E-state index contributed by atoms with van der Waals surface area (Å²) in [5.41, 5.74) is 1.03. The number of benzene rings is 2. The Morgan fingerprint density at radius 3 is 2.59 bits per heavy atom. The van der Waals surface area contributed by atoms with E-state index < -0.39 is 15.6 Å². The number of ether oxygens (including phenoxy) is 1. The molecule has 0 radical (unpaired) electrons. The van der Waals surface area contributed by atoms with E-state index in [0.717, 1.165) is 5.56 Å². The van der Waals surface area contributed by atoms with E-state index in [1.165, 1.54) is 24.0 Å². The highest BCUT2D eigenvalue weighted by atomic mass is 35.5. The molecule has 144 valence electrons. The molecule has 0 spiro atoms. The van der Waals surface area contributed by atoms with Crippen molar-refractivity contribution in [1.82, 2.24) is 0 Å².